The molecule has 38 heavy (non-hydrogen) atoms. The number of piperazine rings is 1. The smallest absolute Gasteiger partial charge is 0.320 e. The van der Waals surface area contributed by atoms with E-state index >= 15 is 0 Å². The highest BCUT2D eigenvalue weighted by Crippen LogP contribution is 2.28. The molecule has 4 rings (SSSR count). The summed E-state index contributed by atoms with van der Waals surface area (Å²) in [4.78, 5) is 21.2. The van der Waals surface area contributed by atoms with Gasteiger partial charge in [-0.1, -0.05) is 11.6 Å². The van der Waals surface area contributed by atoms with Gasteiger partial charge in [-0.25, -0.2) is 22.0 Å². The Hall–Kier alpha value is -2.31. The molecule has 0 bridgehead atoms. The summed E-state index contributed by atoms with van der Waals surface area (Å²) < 4.78 is 57.4. The number of amides is 2. The van der Waals surface area contributed by atoms with E-state index in [1.54, 1.807) is 9.80 Å². The maximum Gasteiger partial charge on any atom is 0.320 e. The highest BCUT2D eigenvalue weighted by molar-refractivity contribution is 7.89. The lowest BCUT2D eigenvalue weighted by molar-refractivity contribution is 0.0782. The minimum absolute atomic E-state index is 0.000764. The van der Waals surface area contributed by atoms with Crippen molar-refractivity contribution in [3.05, 3.63) is 64.7 Å². The maximum atomic E-state index is 14.6. The monoisotopic (exact) mass is 569 g/mol. The summed E-state index contributed by atoms with van der Waals surface area (Å²) in [5.41, 5.74) is -0.0667. The number of likely N-dealkylation sites (tertiary alicyclic amines) is 1. The largest absolute Gasteiger partial charge is 0.323 e. The fourth-order valence-electron chi connectivity index (χ4n) is 5.03. The van der Waals surface area contributed by atoms with E-state index in [0.29, 0.717) is 37.5 Å². The third-order valence-electron chi connectivity index (χ3n) is 6.95. The van der Waals surface area contributed by atoms with Gasteiger partial charge in [-0.3, -0.25) is 9.80 Å². The van der Waals surface area contributed by atoms with Crippen molar-refractivity contribution in [1.29, 1.82) is 0 Å². The zero-order valence-electron chi connectivity index (χ0n) is 21.7. The Morgan fingerprint density at radius 1 is 1.00 bits per heavy atom. The van der Waals surface area contributed by atoms with E-state index in [-0.39, 0.29) is 29.6 Å². The molecule has 0 radical (unpaired) electrons. The molecule has 0 unspecified atom stereocenters. The number of carbonyl (C=O) groups is 1. The first kappa shape index (κ1) is 28.7. The Bertz CT molecular complexity index is 1220. The van der Waals surface area contributed by atoms with E-state index in [0.717, 1.165) is 38.0 Å². The Morgan fingerprint density at radius 2 is 1.68 bits per heavy atom. The molecule has 0 aliphatic carbocycles. The molecule has 12 heteroatoms. The number of carbonyl (C=O) groups excluding carboxylic acids is 1. The Labute approximate surface area is 228 Å². The van der Waals surface area contributed by atoms with Gasteiger partial charge in [0.25, 0.3) is 0 Å². The van der Waals surface area contributed by atoms with Crippen molar-refractivity contribution in [3.8, 4) is 0 Å². The fraction of sp³-hybridized carbons (Fsp3) is 0.500. The van der Waals surface area contributed by atoms with Crippen LogP contribution in [0.4, 0.5) is 13.6 Å². The Balaban J connectivity index is 1.55. The molecule has 2 fully saturated rings. The molecule has 1 atom stereocenters. The van der Waals surface area contributed by atoms with Gasteiger partial charge in [-0.2, -0.15) is 4.31 Å². The van der Waals surface area contributed by atoms with Crippen molar-refractivity contribution in [2.24, 2.45) is 0 Å². The van der Waals surface area contributed by atoms with Crippen molar-refractivity contribution in [1.82, 2.24) is 23.9 Å². The number of benzene rings is 2. The van der Waals surface area contributed by atoms with Crippen molar-refractivity contribution in [2.45, 2.75) is 30.3 Å². The first-order chi connectivity index (χ1) is 18.0. The van der Waals surface area contributed by atoms with Gasteiger partial charge in [0.1, 0.15) is 11.6 Å². The van der Waals surface area contributed by atoms with Gasteiger partial charge in [0.2, 0.25) is 10.0 Å². The second-order valence-electron chi connectivity index (χ2n) is 10.1. The van der Waals surface area contributed by atoms with Crippen molar-refractivity contribution in [2.75, 3.05) is 60.0 Å². The van der Waals surface area contributed by atoms with E-state index in [9.17, 15) is 22.0 Å². The summed E-state index contributed by atoms with van der Waals surface area (Å²) in [5, 5.41) is 0.381. The summed E-state index contributed by atoms with van der Waals surface area (Å²) in [6.07, 6.45) is 1.08. The normalized spacial score (nSPS) is 19.4. The average molecular weight is 570 g/mol. The molecule has 0 saturated carbocycles. The molecular weight excluding hydrogens is 536 g/mol. The van der Waals surface area contributed by atoms with Gasteiger partial charge >= 0.3 is 6.03 Å². The number of urea groups is 1. The molecule has 0 N–H and O–H groups in total. The minimum Gasteiger partial charge on any atom is -0.323 e. The molecule has 8 nitrogen and oxygen atoms in total. The highest BCUT2D eigenvalue weighted by Gasteiger charge is 2.37. The van der Waals surface area contributed by atoms with Gasteiger partial charge in [-0.15, -0.1) is 0 Å². The zero-order valence-corrected chi connectivity index (χ0v) is 23.3. The number of hydrogen-bond acceptors (Lipinski definition) is 5. The molecule has 2 amide bonds. The van der Waals surface area contributed by atoms with Gasteiger partial charge in [0.15, 0.2) is 0 Å². The second-order valence-corrected chi connectivity index (χ2v) is 12.4. The average Bonchev–Trinajstić information content (AvgIpc) is 2.89. The molecular formula is C26H34ClF2N5O3S. The molecule has 2 aromatic carbocycles. The maximum absolute atomic E-state index is 14.6. The van der Waals surface area contributed by atoms with Crippen molar-refractivity contribution >= 4 is 27.7 Å². The number of hydrogen-bond donors (Lipinski definition) is 0. The second kappa shape index (κ2) is 12.3. The molecule has 2 heterocycles. The summed E-state index contributed by atoms with van der Waals surface area (Å²) in [6, 6.07) is 8.01. The number of sulfonamides is 1. The first-order valence-electron chi connectivity index (χ1n) is 12.7. The lowest BCUT2D eigenvalue weighted by atomic mass is 10.1. The van der Waals surface area contributed by atoms with Crippen LogP contribution < -0.4 is 0 Å². The van der Waals surface area contributed by atoms with Crippen LogP contribution in [0.5, 0.6) is 0 Å². The van der Waals surface area contributed by atoms with Crippen molar-refractivity contribution < 1.29 is 22.0 Å². The van der Waals surface area contributed by atoms with Gasteiger partial charge in [0.05, 0.1) is 11.6 Å². The molecule has 2 aromatic rings. The highest BCUT2D eigenvalue weighted by atomic mass is 35.5. The standard InChI is InChI=1S/C26H34ClF2N5O3S/c1-30(2)19-31-12-14-32(15-13-31)26(35)33-11-3-4-23(18-33)34(17-20-16-22(28)7-10-25(20)29)38(36,37)24-8-5-21(27)6-9-24/h5-10,16,23H,3-4,11-15,17-19H2,1-2H3/t23-/m0/s1. The topological polar surface area (TPSA) is 67.4 Å². The molecule has 2 aliphatic rings. The molecule has 0 spiro atoms. The summed E-state index contributed by atoms with van der Waals surface area (Å²) in [6.45, 7) is 3.85. The van der Waals surface area contributed by atoms with Crippen LogP contribution in [0.3, 0.4) is 0 Å². The van der Waals surface area contributed by atoms with E-state index in [1.165, 1.54) is 28.6 Å². The van der Waals surface area contributed by atoms with Crippen LogP contribution in [0.25, 0.3) is 0 Å². The van der Waals surface area contributed by atoms with Crippen LogP contribution in [0.1, 0.15) is 18.4 Å². The van der Waals surface area contributed by atoms with E-state index in [4.69, 9.17) is 11.6 Å². The number of piperidine rings is 1. The molecule has 2 saturated heterocycles. The van der Waals surface area contributed by atoms with E-state index in [2.05, 4.69) is 9.80 Å². The quantitative estimate of drug-likeness (QED) is 0.510. The summed E-state index contributed by atoms with van der Waals surface area (Å²) >= 11 is 5.97. The van der Waals surface area contributed by atoms with Gasteiger partial charge in [0, 0.05) is 62.4 Å². The van der Waals surface area contributed by atoms with Crippen molar-refractivity contribution in [3.63, 3.8) is 0 Å². The van der Waals surface area contributed by atoms with Crippen LogP contribution in [0, 0.1) is 11.6 Å². The first-order valence-corrected chi connectivity index (χ1v) is 14.5. The number of nitrogens with zero attached hydrogens (tertiary/aromatic N) is 5. The molecule has 2 aliphatic heterocycles. The van der Waals surface area contributed by atoms with Crippen LogP contribution >= 0.6 is 11.6 Å². The van der Waals surface area contributed by atoms with E-state index in [1.807, 2.05) is 14.1 Å². The lowest BCUT2D eigenvalue weighted by Gasteiger charge is -2.42. The van der Waals surface area contributed by atoms with Crippen LogP contribution in [-0.4, -0.2) is 104 Å². The van der Waals surface area contributed by atoms with E-state index < -0.39 is 27.7 Å². The number of rotatable bonds is 7. The molecule has 208 valence electrons. The van der Waals surface area contributed by atoms with Crippen LogP contribution in [0.15, 0.2) is 47.4 Å². The summed E-state index contributed by atoms with van der Waals surface area (Å²) in [5.74, 6) is -1.35. The van der Waals surface area contributed by atoms with Gasteiger partial charge in [-0.05, 0) is 69.4 Å². The lowest BCUT2D eigenvalue weighted by Crippen LogP contribution is -2.57. The third kappa shape index (κ3) is 6.81. The Kier molecular flexibility index (Phi) is 9.25. The molecule has 0 aromatic heterocycles. The third-order valence-corrected chi connectivity index (χ3v) is 9.12. The van der Waals surface area contributed by atoms with Crippen LogP contribution in [-0.2, 0) is 16.6 Å². The fourth-order valence-corrected chi connectivity index (χ4v) is 6.78. The minimum atomic E-state index is -4.12. The predicted octanol–water partition coefficient (Wildman–Crippen LogP) is 3.53. The SMILES string of the molecule is CN(C)CN1CCN(C(=O)N2CCC[C@H](N(Cc3cc(F)ccc3F)S(=O)(=O)c3ccc(Cl)cc3)C2)CC1. The summed E-state index contributed by atoms with van der Waals surface area (Å²) in [7, 11) is -0.106. The van der Waals surface area contributed by atoms with Gasteiger partial charge < -0.3 is 9.80 Å². The van der Waals surface area contributed by atoms with Crippen LogP contribution in [0.2, 0.25) is 5.02 Å². The predicted molar refractivity (Wildman–Crippen MR) is 142 cm³/mol. The number of halogens is 3. The Morgan fingerprint density at radius 3 is 2.34 bits per heavy atom. The zero-order chi connectivity index (χ0) is 27.4.